The maximum absolute atomic E-state index is 5.79. The van der Waals surface area contributed by atoms with Gasteiger partial charge in [-0.2, -0.15) is 0 Å². The summed E-state index contributed by atoms with van der Waals surface area (Å²) in [6, 6.07) is 0.545. The lowest BCUT2D eigenvalue weighted by atomic mass is 9.94. The molecule has 0 aromatic rings. The second-order valence-corrected chi connectivity index (χ2v) is 4.60. The van der Waals surface area contributed by atoms with Crippen LogP contribution < -0.4 is 11.1 Å². The van der Waals surface area contributed by atoms with Crippen LogP contribution in [0.25, 0.3) is 0 Å². The van der Waals surface area contributed by atoms with Gasteiger partial charge in [-0.05, 0) is 24.8 Å². The molecule has 1 aliphatic carbocycles. The SMILES string of the molecule is CCC(CC)C(CN)NCCC1CC1. The van der Waals surface area contributed by atoms with Gasteiger partial charge in [0.1, 0.15) is 0 Å². The first-order chi connectivity index (χ1) is 6.81. The van der Waals surface area contributed by atoms with E-state index in [9.17, 15) is 0 Å². The monoisotopic (exact) mass is 198 g/mol. The highest BCUT2D eigenvalue weighted by Gasteiger charge is 2.22. The average molecular weight is 198 g/mol. The van der Waals surface area contributed by atoms with E-state index < -0.39 is 0 Å². The summed E-state index contributed by atoms with van der Waals surface area (Å²) in [5.41, 5.74) is 5.79. The van der Waals surface area contributed by atoms with Crippen molar-refractivity contribution in [1.82, 2.24) is 5.32 Å². The van der Waals surface area contributed by atoms with Crippen LogP contribution in [-0.2, 0) is 0 Å². The van der Waals surface area contributed by atoms with Gasteiger partial charge < -0.3 is 11.1 Å². The summed E-state index contributed by atoms with van der Waals surface area (Å²) in [4.78, 5) is 0. The van der Waals surface area contributed by atoms with Crippen molar-refractivity contribution in [2.24, 2.45) is 17.6 Å². The second-order valence-electron chi connectivity index (χ2n) is 4.60. The molecule has 1 rings (SSSR count). The summed E-state index contributed by atoms with van der Waals surface area (Å²) in [6.45, 7) is 6.48. The molecule has 2 nitrogen and oxygen atoms in total. The molecule has 1 atom stereocenters. The second kappa shape index (κ2) is 6.41. The fourth-order valence-corrected chi connectivity index (χ4v) is 2.18. The number of hydrogen-bond acceptors (Lipinski definition) is 2. The number of nitrogens with one attached hydrogen (secondary N) is 1. The molecule has 0 spiro atoms. The molecular formula is C12H26N2. The van der Waals surface area contributed by atoms with E-state index in [-0.39, 0.29) is 0 Å². The van der Waals surface area contributed by atoms with Crippen LogP contribution in [0.2, 0.25) is 0 Å². The van der Waals surface area contributed by atoms with Gasteiger partial charge >= 0.3 is 0 Å². The molecule has 3 N–H and O–H groups in total. The predicted octanol–water partition coefficient (Wildman–Crippen LogP) is 2.14. The zero-order valence-corrected chi connectivity index (χ0v) is 9.76. The molecule has 0 aliphatic heterocycles. The Labute approximate surface area is 88.6 Å². The van der Waals surface area contributed by atoms with E-state index in [1.807, 2.05) is 0 Å². The van der Waals surface area contributed by atoms with Crippen molar-refractivity contribution in [2.75, 3.05) is 13.1 Å². The molecule has 1 unspecified atom stereocenters. The van der Waals surface area contributed by atoms with Crippen LogP contribution in [0.3, 0.4) is 0 Å². The Bertz CT molecular complexity index is 139. The van der Waals surface area contributed by atoms with E-state index in [0.717, 1.165) is 18.4 Å². The van der Waals surface area contributed by atoms with Gasteiger partial charge in [-0.25, -0.2) is 0 Å². The third kappa shape index (κ3) is 3.97. The Morgan fingerprint density at radius 3 is 2.36 bits per heavy atom. The lowest BCUT2D eigenvalue weighted by Crippen LogP contribution is -2.42. The summed E-state index contributed by atoms with van der Waals surface area (Å²) >= 11 is 0. The molecule has 2 heteroatoms. The largest absolute Gasteiger partial charge is 0.329 e. The van der Waals surface area contributed by atoms with Crippen molar-refractivity contribution in [3.05, 3.63) is 0 Å². The van der Waals surface area contributed by atoms with Crippen LogP contribution >= 0.6 is 0 Å². The van der Waals surface area contributed by atoms with E-state index in [4.69, 9.17) is 5.73 Å². The third-order valence-electron chi connectivity index (χ3n) is 3.53. The van der Waals surface area contributed by atoms with Crippen molar-refractivity contribution in [1.29, 1.82) is 0 Å². The summed E-state index contributed by atoms with van der Waals surface area (Å²) in [7, 11) is 0. The molecule has 14 heavy (non-hydrogen) atoms. The molecule has 0 aromatic heterocycles. The lowest BCUT2D eigenvalue weighted by Gasteiger charge is -2.25. The van der Waals surface area contributed by atoms with Crippen molar-refractivity contribution < 1.29 is 0 Å². The molecule has 0 bridgehead atoms. The minimum Gasteiger partial charge on any atom is -0.329 e. The van der Waals surface area contributed by atoms with Gasteiger partial charge in [0.25, 0.3) is 0 Å². The van der Waals surface area contributed by atoms with Gasteiger partial charge in [-0.1, -0.05) is 39.5 Å². The van der Waals surface area contributed by atoms with Gasteiger partial charge in [0.15, 0.2) is 0 Å². The Morgan fingerprint density at radius 2 is 1.93 bits per heavy atom. The maximum Gasteiger partial charge on any atom is 0.0218 e. The predicted molar refractivity (Wildman–Crippen MR) is 62.3 cm³/mol. The lowest BCUT2D eigenvalue weighted by molar-refractivity contribution is 0.336. The fourth-order valence-electron chi connectivity index (χ4n) is 2.18. The number of rotatable bonds is 8. The van der Waals surface area contributed by atoms with Crippen LogP contribution in [0, 0.1) is 11.8 Å². The standard InChI is InChI=1S/C12H26N2/c1-3-11(4-2)12(9-13)14-8-7-10-5-6-10/h10-12,14H,3-9,13H2,1-2H3. The van der Waals surface area contributed by atoms with Crippen LogP contribution in [0.15, 0.2) is 0 Å². The summed E-state index contributed by atoms with van der Waals surface area (Å²) in [5, 5.41) is 3.62. The Hall–Kier alpha value is -0.0800. The van der Waals surface area contributed by atoms with Crippen LogP contribution in [0.1, 0.15) is 46.0 Å². The first-order valence-electron chi connectivity index (χ1n) is 6.25. The van der Waals surface area contributed by atoms with E-state index >= 15 is 0 Å². The molecule has 0 saturated heterocycles. The maximum atomic E-state index is 5.79. The zero-order chi connectivity index (χ0) is 10.4. The van der Waals surface area contributed by atoms with Crippen molar-refractivity contribution in [3.63, 3.8) is 0 Å². The molecule has 1 saturated carbocycles. The Kier molecular flexibility index (Phi) is 5.49. The quantitative estimate of drug-likeness (QED) is 0.627. The molecule has 0 aromatic carbocycles. The Morgan fingerprint density at radius 1 is 1.29 bits per heavy atom. The fraction of sp³-hybridized carbons (Fsp3) is 1.00. The van der Waals surface area contributed by atoms with Crippen molar-refractivity contribution in [2.45, 2.75) is 52.0 Å². The smallest absolute Gasteiger partial charge is 0.0218 e. The van der Waals surface area contributed by atoms with Crippen LogP contribution in [-0.4, -0.2) is 19.1 Å². The van der Waals surface area contributed by atoms with E-state index in [1.54, 1.807) is 0 Å². The summed E-state index contributed by atoms with van der Waals surface area (Å²) < 4.78 is 0. The zero-order valence-electron chi connectivity index (χ0n) is 9.76. The van der Waals surface area contributed by atoms with Crippen molar-refractivity contribution in [3.8, 4) is 0 Å². The highest BCUT2D eigenvalue weighted by molar-refractivity contribution is 4.78. The molecule has 0 amide bonds. The molecule has 1 fully saturated rings. The normalized spacial score (nSPS) is 18.9. The van der Waals surface area contributed by atoms with Gasteiger partial charge in [-0.15, -0.1) is 0 Å². The van der Waals surface area contributed by atoms with Crippen LogP contribution in [0.5, 0.6) is 0 Å². The summed E-state index contributed by atoms with van der Waals surface area (Å²) in [6.07, 6.45) is 6.76. The van der Waals surface area contributed by atoms with Crippen LogP contribution in [0.4, 0.5) is 0 Å². The summed E-state index contributed by atoms with van der Waals surface area (Å²) in [5.74, 6) is 1.79. The Balaban J connectivity index is 2.14. The van der Waals surface area contributed by atoms with E-state index in [2.05, 4.69) is 19.2 Å². The minimum absolute atomic E-state index is 0.545. The van der Waals surface area contributed by atoms with Gasteiger partial charge in [0.2, 0.25) is 0 Å². The van der Waals surface area contributed by atoms with Gasteiger partial charge in [-0.3, -0.25) is 0 Å². The molecule has 1 aliphatic rings. The first-order valence-corrected chi connectivity index (χ1v) is 6.25. The van der Waals surface area contributed by atoms with E-state index in [0.29, 0.717) is 6.04 Å². The highest BCUT2D eigenvalue weighted by Crippen LogP contribution is 2.31. The first kappa shape index (κ1) is 12.0. The highest BCUT2D eigenvalue weighted by atomic mass is 14.9. The topological polar surface area (TPSA) is 38.0 Å². The molecule has 84 valence electrons. The number of hydrogen-bond donors (Lipinski definition) is 2. The van der Waals surface area contributed by atoms with Gasteiger partial charge in [0.05, 0.1) is 0 Å². The van der Waals surface area contributed by atoms with Gasteiger partial charge in [0, 0.05) is 12.6 Å². The minimum atomic E-state index is 0.545. The van der Waals surface area contributed by atoms with Crippen molar-refractivity contribution >= 4 is 0 Å². The third-order valence-corrected chi connectivity index (χ3v) is 3.53. The average Bonchev–Trinajstić information content (AvgIpc) is 3.01. The molecular weight excluding hydrogens is 172 g/mol. The number of nitrogens with two attached hydrogens (primary N) is 1. The molecule has 0 heterocycles. The molecule has 0 radical (unpaired) electrons. The van der Waals surface area contributed by atoms with E-state index in [1.165, 1.54) is 38.6 Å².